The van der Waals surface area contributed by atoms with Crippen LogP contribution in [0.4, 0.5) is 0 Å². The lowest BCUT2D eigenvalue weighted by atomic mass is 9.73. The van der Waals surface area contributed by atoms with Crippen molar-refractivity contribution in [3.63, 3.8) is 0 Å². The van der Waals surface area contributed by atoms with Gasteiger partial charge >= 0.3 is 0 Å². The summed E-state index contributed by atoms with van der Waals surface area (Å²) in [7, 11) is 3.41. The minimum Gasteiger partial charge on any atom is -0.497 e. The molecular weight excluding hydrogens is 326 g/mol. The summed E-state index contributed by atoms with van der Waals surface area (Å²) in [6.45, 7) is 2.26. The van der Waals surface area contributed by atoms with Gasteiger partial charge < -0.3 is 14.8 Å². The predicted octanol–water partition coefficient (Wildman–Crippen LogP) is 4.04. The highest BCUT2D eigenvalue weighted by Crippen LogP contribution is 2.43. The average Bonchev–Trinajstić information content (AvgIpc) is 2.67. The van der Waals surface area contributed by atoms with Crippen LogP contribution in [0.15, 0.2) is 42.5 Å². The maximum atomic E-state index is 11.2. The standard InChI is InChI=1S/C22H27NO3/c1-15(24)23-10-9-18-12-19(16-5-4-6-20(13-16)25-2)11-17-7-8-21(26-3)14-22(17)18/h4-8,13-14,18-19H,9-12H2,1-3H3,(H,23,24). The highest BCUT2D eigenvalue weighted by Gasteiger charge is 2.28. The number of methoxy groups -OCH3 is 2. The molecule has 2 aromatic carbocycles. The lowest BCUT2D eigenvalue weighted by molar-refractivity contribution is -0.118. The van der Waals surface area contributed by atoms with Gasteiger partial charge in [-0.2, -0.15) is 0 Å². The van der Waals surface area contributed by atoms with Crippen LogP contribution in [0.25, 0.3) is 0 Å². The summed E-state index contributed by atoms with van der Waals surface area (Å²) in [6, 6.07) is 14.8. The first-order chi connectivity index (χ1) is 12.6. The van der Waals surface area contributed by atoms with Gasteiger partial charge in [-0.05, 0) is 72.1 Å². The monoisotopic (exact) mass is 353 g/mol. The maximum absolute atomic E-state index is 11.2. The predicted molar refractivity (Wildman–Crippen MR) is 103 cm³/mol. The van der Waals surface area contributed by atoms with Crippen molar-refractivity contribution in [2.24, 2.45) is 0 Å². The minimum atomic E-state index is 0.0241. The lowest BCUT2D eigenvalue weighted by Gasteiger charge is -2.32. The second kappa shape index (κ2) is 8.26. The van der Waals surface area contributed by atoms with Crippen molar-refractivity contribution < 1.29 is 14.3 Å². The zero-order valence-electron chi connectivity index (χ0n) is 15.7. The van der Waals surface area contributed by atoms with Crippen molar-refractivity contribution in [2.45, 2.75) is 38.0 Å². The first-order valence-electron chi connectivity index (χ1n) is 9.16. The van der Waals surface area contributed by atoms with E-state index in [-0.39, 0.29) is 5.91 Å². The van der Waals surface area contributed by atoms with Crippen LogP contribution in [0, 0.1) is 0 Å². The lowest BCUT2D eigenvalue weighted by Crippen LogP contribution is -2.25. The van der Waals surface area contributed by atoms with E-state index in [4.69, 9.17) is 9.47 Å². The average molecular weight is 353 g/mol. The summed E-state index contributed by atoms with van der Waals surface area (Å²) >= 11 is 0. The molecule has 0 spiro atoms. The molecule has 0 aliphatic heterocycles. The molecule has 4 nitrogen and oxygen atoms in total. The quantitative estimate of drug-likeness (QED) is 0.852. The van der Waals surface area contributed by atoms with E-state index in [0.717, 1.165) is 30.8 Å². The number of ether oxygens (including phenoxy) is 2. The fraction of sp³-hybridized carbons (Fsp3) is 0.409. The summed E-state index contributed by atoms with van der Waals surface area (Å²) in [6.07, 6.45) is 3.01. The highest BCUT2D eigenvalue weighted by atomic mass is 16.5. The van der Waals surface area contributed by atoms with Crippen LogP contribution in [0.5, 0.6) is 11.5 Å². The third-order valence-electron chi connectivity index (χ3n) is 5.26. The van der Waals surface area contributed by atoms with E-state index in [1.165, 1.54) is 16.7 Å². The van der Waals surface area contributed by atoms with Gasteiger partial charge in [-0.1, -0.05) is 18.2 Å². The van der Waals surface area contributed by atoms with Gasteiger partial charge in [0.25, 0.3) is 0 Å². The first-order valence-corrected chi connectivity index (χ1v) is 9.16. The highest BCUT2D eigenvalue weighted by molar-refractivity contribution is 5.72. The number of benzene rings is 2. The third kappa shape index (κ3) is 4.18. The summed E-state index contributed by atoms with van der Waals surface area (Å²) in [5.41, 5.74) is 4.04. The van der Waals surface area contributed by atoms with Crippen molar-refractivity contribution in [3.8, 4) is 11.5 Å². The molecule has 0 aromatic heterocycles. The molecule has 1 aliphatic carbocycles. The molecule has 4 heteroatoms. The van der Waals surface area contributed by atoms with Crippen LogP contribution >= 0.6 is 0 Å². The summed E-state index contributed by atoms with van der Waals surface area (Å²) in [5.74, 6) is 2.67. The van der Waals surface area contributed by atoms with E-state index in [2.05, 4.69) is 35.6 Å². The number of hydrogen-bond donors (Lipinski definition) is 1. The Hall–Kier alpha value is -2.49. The Morgan fingerprint density at radius 3 is 2.62 bits per heavy atom. The summed E-state index contributed by atoms with van der Waals surface area (Å²) in [4.78, 5) is 11.2. The second-order valence-electron chi connectivity index (χ2n) is 6.95. The fourth-order valence-electron chi connectivity index (χ4n) is 3.93. The Kier molecular flexibility index (Phi) is 5.82. The fourth-order valence-corrected chi connectivity index (χ4v) is 3.93. The number of nitrogens with one attached hydrogen (secondary N) is 1. The number of fused-ring (bicyclic) bond motifs is 1. The summed E-state index contributed by atoms with van der Waals surface area (Å²) in [5, 5.41) is 2.93. The van der Waals surface area contributed by atoms with Gasteiger partial charge in [0.2, 0.25) is 5.91 Å². The molecule has 1 aliphatic rings. The molecule has 2 unspecified atom stereocenters. The number of carbonyl (C=O) groups is 1. The van der Waals surface area contributed by atoms with Crippen LogP contribution in [0.2, 0.25) is 0 Å². The molecule has 0 saturated carbocycles. The van der Waals surface area contributed by atoms with Crippen molar-refractivity contribution in [1.82, 2.24) is 5.32 Å². The third-order valence-corrected chi connectivity index (χ3v) is 5.26. The van der Waals surface area contributed by atoms with Crippen LogP contribution < -0.4 is 14.8 Å². The van der Waals surface area contributed by atoms with Crippen molar-refractivity contribution in [1.29, 1.82) is 0 Å². The number of rotatable bonds is 6. The molecular formula is C22H27NO3. The molecule has 2 aromatic rings. The molecule has 3 rings (SSSR count). The molecule has 138 valence electrons. The zero-order chi connectivity index (χ0) is 18.5. The van der Waals surface area contributed by atoms with Gasteiger partial charge in [0.05, 0.1) is 14.2 Å². The van der Waals surface area contributed by atoms with Crippen molar-refractivity contribution >= 4 is 5.91 Å². The topological polar surface area (TPSA) is 47.6 Å². The zero-order valence-corrected chi connectivity index (χ0v) is 15.7. The Morgan fingerprint density at radius 1 is 1.12 bits per heavy atom. The Labute approximate surface area is 155 Å². The van der Waals surface area contributed by atoms with E-state index < -0.39 is 0 Å². The normalized spacial score (nSPS) is 18.7. The Balaban J connectivity index is 1.87. The van der Waals surface area contributed by atoms with Gasteiger partial charge in [-0.25, -0.2) is 0 Å². The van der Waals surface area contributed by atoms with E-state index >= 15 is 0 Å². The molecule has 0 fully saturated rings. The molecule has 1 N–H and O–H groups in total. The molecule has 1 amide bonds. The first kappa shape index (κ1) is 18.3. The van der Waals surface area contributed by atoms with Crippen LogP contribution in [-0.2, 0) is 11.2 Å². The molecule has 0 radical (unpaired) electrons. The Bertz CT molecular complexity index is 772. The minimum absolute atomic E-state index is 0.0241. The molecule has 0 saturated heterocycles. The van der Waals surface area contributed by atoms with Gasteiger partial charge in [0.15, 0.2) is 0 Å². The Morgan fingerprint density at radius 2 is 1.88 bits per heavy atom. The van der Waals surface area contributed by atoms with E-state index in [1.54, 1.807) is 21.1 Å². The SMILES string of the molecule is COc1cccc(C2Cc3ccc(OC)cc3C(CCNC(C)=O)C2)c1. The van der Waals surface area contributed by atoms with Gasteiger partial charge in [-0.3, -0.25) is 4.79 Å². The second-order valence-corrected chi connectivity index (χ2v) is 6.95. The number of carbonyl (C=O) groups excluding carboxylic acids is 1. The van der Waals surface area contributed by atoms with E-state index in [0.29, 0.717) is 18.4 Å². The van der Waals surface area contributed by atoms with Gasteiger partial charge in [0.1, 0.15) is 11.5 Å². The smallest absolute Gasteiger partial charge is 0.216 e. The van der Waals surface area contributed by atoms with Crippen LogP contribution in [-0.4, -0.2) is 26.7 Å². The van der Waals surface area contributed by atoms with Crippen molar-refractivity contribution in [3.05, 3.63) is 59.2 Å². The van der Waals surface area contributed by atoms with Crippen LogP contribution in [0.3, 0.4) is 0 Å². The van der Waals surface area contributed by atoms with Gasteiger partial charge in [0, 0.05) is 13.5 Å². The molecule has 0 heterocycles. The van der Waals surface area contributed by atoms with Crippen molar-refractivity contribution in [2.75, 3.05) is 20.8 Å². The molecule has 26 heavy (non-hydrogen) atoms. The number of amides is 1. The maximum Gasteiger partial charge on any atom is 0.216 e. The van der Waals surface area contributed by atoms with Gasteiger partial charge in [-0.15, -0.1) is 0 Å². The molecule has 0 bridgehead atoms. The molecule has 2 atom stereocenters. The number of hydrogen-bond acceptors (Lipinski definition) is 3. The largest absolute Gasteiger partial charge is 0.497 e. The van der Waals surface area contributed by atoms with E-state index in [9.17, 15) is 4.79 Å². The van der Waals surface area contributed by atoms with Crippen LogP contribution in [0.1, 0.15) is 48.3 Å². The summed E-state index contributed by atoms with van der Waals surface area (Å²) < 4.78 is 10.8. The van der Waals surface area contributed by atoms with E-state index in [1.807, 2.05) is 12.1 Å².